The van der Waals surface area contributed by atoms with Gasteiger partial charge >= 0.3 is 0 Å². The standard InChI is InChI=1S/C12H7FN4O/c13-8-5-15-6-9-10(8)12(18)17-11(16-9)7-1-3-14-4-2-7/h1-6H,(H,16,17,18). The maximum Gasteiger partial charge on any atom is 0.262 e. The monoisotopic (exact) mass is 242 g/mol. The predicted octanol–water partition coefficient (Wildman–Crippen LogP) is 1.52. The molecule has 5 nitrogen and oxygen atoms in total. The average molecular weight is 242 g/mol. The normalized spacial score (nSPS) is 10.7. The van der Waals surface area contributed by atoms with Crippen LogP contribution in [0.3, 0.4) is 0 Å². The molecule has 6 heteroatoms. The molecule has 0 saturated heterocycles. The molecular weight excluding hydrogens is 235 g/mol. The van der Waals surface area contributed by atoms with Crippen LogP contribution in [0.4, 0.5) is 4.39 Å². The Balaban J connectivity index is 2.33. The third-order valence-corrected chi connectivity index (χ3v) is 2.52. The van der Waals surface area contributed by atoms with E-state index in [9.17, 15) is 9.18 Å². The molecule has 3 aromatic heterocycles. The molecule has 0 aliphatic rings. The van der Waals surface area contributed by atoms with Crippen molar-refractivity contribution in [3.05, 3.63) is 53.1 Å². The lowest BCUT2D eigenvalue weighted by molar-refractivity contribution is 0.632. The van der Waals surface area contributed by atoms with Crippen LogP contribution >= 0.6 is 0 Å². The van der Waals surface area contributed by atoms with Gasteiger partial charge in [-0.25, -0.2) is 9.37 Å². The fourth-order valence-corrected chi connectivity index (χ4v) is 1.70. The van der Waals surface area contributed by atoms with Gasteiger partial charge in [0.2, 0.25) is 0 Å². The molecule has 0 atom stereocenters. The van der Waals surface area contributed by atoms with Gasteiger partial charge in [0.1, 0.15) is 11.2 Å². The highest BCUT2D eigenvalue weighted by Crippen LogP contribution is 2.15. The average Bonchev–Trinajstić information content (AvgIpc) is 2.39. The summed E-state index contributed by atoms with van der Waals surface area (Å²) >= 11 is 0. The van der Waals surface area contributed by atoms with Crippen molar-refractivity contribution >= 4 is 10.9 Å². The van der Waals surface area contributed by atoms with E-state index in [2.05, 4.69) is 19.9 Å². The van der Waals surface area contributed by atoms with Gasteiger partial charge in [-0.1, -0.05) is 0 Å². The van der Waals surface area contributed by atoms with E-state index < -0.39 is 11.4 Å². The first kappa shape index (κ1) is 10.5. The molecule has 0 radical (unpaired) electrons. The number of rotatable bonds is 1. The number of hydrogen-bond acceptors (Lipinski definition) is 4. The number of nitrogens with one attached hydrogen (secondary N) is 1. The molecule has 0 fully saturated rings. The van der Waals surface area contributed by atoms with Crippen LogP contribution < -0.4 is 5.56 Å². The van der Waals surface area contributed by atoms with E-state index in [1.54, 1.807) is 24.5 Å². The van der Waals surface area contributed by atoms with Crippen molar-refractivity contribution in [3.63, 3.8) is 0 Å². The van der Waals surface area contributed by atoms with Gasteiger partial charge < -0.3 is 4.98 Å². The van der Waals surface area contributed by atoms with Crippen molar-refractivity contribution in [1.29, 1.82) is 0 Å². The van der Waals surface area contributed by atoms with Gasteiger partial charge in [0.25, 0.3) is 5.56 Å². The number of H-pyrrole nitrogens is 1. The quantitative estimate of drug-likeness (QED) is 0.702. The van der Waals surface area contributed by atoms with Crippen molar-refractivity contribution in [2.24, 2.45) is 0 Å². The van der Waals surface area contributed by atoms with Crippen molar-refractivity contribution in [2.75, 3.05) is 0 Å². The Morgan fingerprint density at radius 1 is 1.11 bits per heavy atom. The number of pyridine rings is 2. The minimum atomic E-state index is -0.678. The summed E-state index contributed by atoms with van der Waals surface area (Å²) in [6.07, 6.45) is 5.52. The van der Waals surface area contributed by atoms with Gasteiger partial charge in [-0.3, -0.25) is 14.8 Å². The van der Waals surface area contributed by atoms with Crippen molar-refractivity contribution in [2.45, 2.75) is 0 Å². The molecule has 18 heavy (non-hydrogen) atoms. The van der Waals surface area contributed by atoms with Crippen LogP contribution in [-0.4, -0.2) is 19.9 Å². The Labute approximate surface area is 100 Å². The molecule has 88 valence electrons. The summed E-state index contributed by atoms with van der Waals surface area (Å²) in [6, 6.07) is 3.41. The first-order valence-corrected chi connectivity index (χ1v) is 5.19. The van der Waals surface area contributed by atoms with E-state index in [1.807, 2.05) is 0 Å². The topological polar surface area (TPSA) is 71.5 Å². The minimum absolute atomic E-state index is 0.0807. The maximum atomic E-state index is 13.4. The van der Waals surface area contributed by atoms with Crippen LogP contribution in [0.25, 0.3) is 22.3 Å². The van der Waals surface area contributed by atoms with Crippen LogP contribution in [0.15, 0.2) is 41.7 Å². The van der Waals surface area contributed by atoms with Gasteiger partial charge in [-0.15, -0.1) is 0 Å². The minimum Gasteiger partial charge on any atom is -0.306 e. The molecule has 0 aromatic carbocycles. The van der Waals surface area contributed by atoms with Crippen LogP contribution in [-0.2, 0) is 0 Å². The number of hydrogen-bond donors (Lipinski definition) is 1. The summed E-state index contributed by atoms with van der Waals surface area (Å²) in [5, 5.41) is -0.0807. The Morgan fingerprint density at radius 3 is 2.67 bits per heavy atom. The lowest BCUT2D eigenvalue weighted by atomic mass is 10.2. The number of fused-ring (bicyclic) bond motifs is 1. The van der Waals surface area contributed by atoms with E-state index in [0.717, 1.165) is 6.20 Å². The number of aromatic nitrogens is 4. The maximum absolute atomic E-state index is 13.4. The molecular formula is C12H7FN4O. The highest BCUT2D eigenvalue weighted by molar-refractivity contribution is 5.78. The number of aromatic amines is 1. The number of halogens is 1. The van der Waals surface area contributed by atoms with Gasteiger partial charge in [0.15, 0.2) is 5.82 Å². The summed E-state index contributed by atoms with van der Waals surface area (Å²) in [4.78, 5) is 26.1. The van der Waals surface area contributed by atoms with E-state index in [0.29, 0.717) is 11.4 Å². The van der Waals surface area contributed by atoms with Gasteiger partial charge in [0.05, 0.1) is 17.9 Å². The van der Waals surface area contributed by atoms with Gasteiger partial charge in [0, 0.05) is 18.0 Å². The second kappa shape index (κ2) is 3.99. The molecule has 0 saturated carbocycles. The Kier molecular flexibility index (Phi) is 2.33. The lowest BCUT2D eigenvalue weighted by Gasteiger charge is -2.02. The van der Waals surface area contributed by atoms with Crippen molar-refractivity contribution in [1.82, 2.24) is 19.9 Å². The van der Waals surface area contributed by atoms with Crippen LogP contribution in [0, 0.1) is 5.82 Å². The molecule has 1 N–H and O–H groups in total. The summed E-state index contributed by atoms with van der Waals surface area (Å²) < 4.78 is 13.4. The molecule has 0 amide bonds. The molecule has 3 aromatic rings. The largest absolute Gasteiger partial charge is 0.306 e. The van der Waals surface area contributed by atoms with E-state index in [1.165, 1.54) is 6.20 Å². The van der Waals surface area contributed by atoms with Crippen molar-refractivity contribution in [3.8, 4) is 11.4 Å². The fourth-order valence-electron chi connectivity index (χ4n) is 1.70. The number of nitrogens with zero attached hydrogens (tertiary/aromatic N) is 3. The lowest BCUT2D eigenvalue weighted by Crippen LogP contribution is -2.11. The Bertz CT molecular complexity index is 770. The third-order valence-electron chi connectivity index (χ3n) is 2.52. The Hall–Kier alpha value is -2.63. The molecule has 0 aliphatic carbocycles. The van der Waals surface area contributed by atoms with Crippen molar-refractivity contribution < 1.29 is 4.39 Å². The summed E-state index contributed by atoms with van der Waals surface area (Å²) in [6.45, 7) is 0. The zero-order chi connectivity index (χ0) is 12.5. The van der Waals surface area contributed by atoms with Gasteiger partial charge in [-0.2, -0.15) is 0 Å². The summed E-state index contributed by atoms with van der Waals surface area (Å²) in [7, 11) is 0. The molecule has 0 bridgehead atoms. The smallest absolute Gasteiger partial charge is 0.262 e. The van der Waals surface area contributed by atoms with Gasteiger partial charge in [-0.05, 0) is 12.1 Å². The third kappa shape index (κ3) is 1.64. The molecule has 0 spiro atoms. The van der Waals surface area contributed by atoms with E-state index in [4.69, 9.17) is 0 Å². The highest BCUT2D eigenvalue weighted by atomic mass is 19.1. The molecule has 0 aliphatic heterocycles. The van der Waals surface area contributed by atoms with Crippen LogP contribution in [0.5, 0.6) is 0 Å². The highest BCUT2D eigenvalue weighted by Gasteiger charge is 2.09. The van der Waals surface area contributed by atoms with Crippen LogP contribution in [0.2, 0.25) is 0 Å². The van der Waals surface area contributed by atoms with E-state index >= 15 is 0 Å². The zero-order valence-corrected chi connectivity index (χ0v) is 9.09. The molecule has 3 rings (SSSR count). The zero-order valence-electron chi connectivity index (χ0n) is 9.09. The SMILES string of the molecule is O=c1[nH]c(-c2ccncc2)nc2cncc(F)c12. The second-order valence-corrected chi connectivity index (χ2v) is 3.67. The molecule has 0 unspecified atom stereocenters. The first-order chi connectivity index (χ1) is 8.75. The Morgan fingerprint density at radius 2 is 1.89 bits per heavy atom. The summed E-state index contributed by atoms with van der Waals surface area (Å²) in [5.41, 5.74) is 0.408. The predicted molar refractivity (Wildman–Crippen MR) is 63.3 cm³/mol. The molecule has 3 heterocycles. The summed E-state index contributed by atoms with van der Waals surface area (Å²) in [5.74, 6) is -0.315. The second-order valence-electron chi connectivity index (χ2n) is 3.67. The fraction of sp³-hybridized carbons (Fsp3) is 0. The van der Waals surface area contributed by atoms with E-state index in [-0.39, 0.29) is 10.9 Å². The first-order valence-electron chi connectivity index (χ1n) is 5.19. The van der Waals surface area contributed by atoms with Crippen LogP contribution in [0.1, 0.15) is 0 Å².